The molecular weight excluding hydrogens is 388 g/mol. The van der Waals surface area contributed by atoms with Crippen LogP contribution in [0.3, 0.4) is 0 Å². The van der Waals surface area contributed by atoms with Gasteiger partial charge in [0, 0.05) is 32.1 Å². The zero-order chi connectivity index (χ0) is 20.8. The zero-order valence-corrected chi connectivity index (χ0v) is 17.2. The summed E-state index contributed by atoms with van der Waals surface area (Å²) in [6, 6.07) is 5.28. The topological polar surface area (TPSA) is 97.4 Å². The van der Waals surface area contributed by atoms with E-state index in [0.29, 0.717) is 17.3 Å². The van der Waals surface area contributed by atoms with Crippen LogP contribution in [0.2, 0.25) is 0 Å². The molecule has 0 N–H and O–H groups in total. The van der Waals surface area contributed by atoms with Crippen molar-refractivity contribution < 1.29 is 38.1 Å². The van der Waals surface area contributed by atoms with Crippen molar-refractivity contribution in [1.82, 2.24) is 0 Å². The maximum Gasteiger partial charge on any atom is 0.303 e. The molecule has 154 valence electrons. The Hall–Kier alpha value is -2.42. The molecule has 0 aliphatic carbocycles. The van der Waals surface area contributed by atoms with E-state index in [0.717, 1.165) is 5.56 Å². The van der Waals surface area contributed by atoms with Crippen molar-refractivity contribution in [3.63, 3.8) is 0 Å². The molecular formula is C19H24O8S. The highest BCUT2D eigenvalue weighted by atomic mass is 32.2. The van der Waals surface area contributed by atoms with E-state index in [1.54, 1.807) is 25.3 Å². The summed E-state index contributed by atoms with van der Waals surface area (Å²) in [6.45, 7) is 3.79. The molecule has 2 rings (SSSR count). The van der Waals surface area contributed by atoms with E-state index in [-0.39, 0.29) is 0 Å². The summed E-state index contributed by atoms with van der Waals surface area (Å²) < 4.78 is 27.0. The second-order valence-electron chi connectivity index (χ2n) is 6.16. The summed E-state index contributed by atoms with van der Waals surface area (Å²) >= 11 is 1.41. The van der Waals surface area contributed by atoms with E-state index in [2.05, 4.69) is 0 Å². The van der Waals surface area contributed by atoms with Gasteiger partial charge in [-0.3, -0.25) is 14.4 Å². The Morgan fingerprint density at radius 3 is 2.04 bits per heavy atom. The predicted octanol–water partition coefficient (Wildman–Crippen LogP) is 2.29. The SMILES string of the molecule is COc1ccc(OC)c([C@H]2SC[C@@H](OC(C)=O)[C@H](OC(C)=O)[C@H]2OC(C)=O)c1. The fourth-order valence-electron chi connectivity index (χ4n) is 3.07. The minimum Gasteiger partial charge on any atom is -0.497 e. The first-order valence-corrected chi connectivity index (χ1v) is 9.66. The molecule has 1 aromatic rings. The summed E-state index contributed by atoms with van der Waals surface area (Å²) in [6.07, 6.45) is -2.58. The van der Waals surface area contributed by atoms with Crippen LogP contribution in [0.1, 0.15) is 31.6 Å². The van der Waals surface area contributed by atoms with Crippen LogP contribution < -0.4 is 9.47 Å². The lowest BCUT2D eigenvalue weighted by Crippen LogP contribution is -2.51. The van der Waals surface area contributed by atoms with E-state index < -0.39 is 41.5 Å². The summed E-state index contributed by atoms with van der Waals surface area (Å²) in [5.74, 6) is -0.102. The molecule has 1 aliphatic heterocycles. The maximum absolute atomic E-state index is 11.8. The third-order valence-electron chi connectivity index (χ3n) is 4.09. The molecule has 1 fully saturated rings. The molecule has 4 atom stereocenters. The lowest BCUT2D eigenvalue weighted by Gasteiger charge is -2.40. The number of thioether (sulfide) groups is 1. The van der Waals surface area contributed by atoms with Gasteiger partial charge in [0.15, 0.2) is 18.3 Å². The third-order valence-corrected chi connectivity index (χ3v) is 5.50. The number of carbonyl (C=O) groups is 3. The molecule has 0 saturated carbocycles. The van der Waals surface area contributed by atoms with Crippen LogP contribution in [-0.2, 0) is 28.6 Å². The van der Waals surface area contributed by atoms with Gasteiger partial charge in [0.2, 0.25) is 0 Å². The number of esters is 3. The van der Waals surface area contributed by atoms with Crippen LogP contribution in [0, 0.1) is 0 Å². The largest absolute Gasteiger partial charge is 0.497 e. The number of benzene rings is 1. The highest BCUT2D eigenvalue weighted by molar-refractivity contribution is 7.99. The summed E-state index contributed by atoms with van der Waals surface area (Å²) in [5.41, 5.74) is 0.719. The molecule has 1 aromatic carbocycles. The molecule has 0 bridgehead atoms. The van der Waals surface area contributed by atoms with E-state index in [1.165, 1.54) is 39.6 Å². The highest BCUT2D eigenvalue weighted by Crippen LogP contribution is 2.46. The molecule has 0 unspecified atom stereocenters. The van der Waals surface area contributed by atoms with Crippen LogP contribution in [0.5, 0.6) is 11.5 Å². The molecule has 0 amide bonds. The molecule has 0 spiro atoms. The van der Waals surface area contributed by atoms with Gasteiger partial charge in [0.05, 0.1) is 19.5 Å². The maximum atomic E-state index is 11.8. The fourth-order valence-corrected chi connectivity index (χ4v) is 4.49. The van der Waals surface area contributed by atoms with E-state index in [1.807, 2.05) is 0 Å². The van der Waals surface area contributed by atoms with Crippen LogP contribution >= 0.6 is 11.8 Å². The number of ether oxygens (including phenoxy) is 5. The Morgan fingerprint density at radius 2 is 1.50 bits per heavy atom. The number of hydrogen-bond acceptors (Lipinski definition) is 9. The quantitative estimate of drug-likeness (QED) is 0.515. The van der Waals surface area contributed by atoms with Crippen LogP contribution in [0.25, 0.3) is 0 Å². The summed E-state index contributed by atoms with van der Waals surface area (Å²) in [5, 5.41) is -0.426. The Bertz CT molecular complexity index is 735. The monoisotopic (exact) mass is 412 g/mol. The molecule has 1 heterocycles. The molecule has 0 aromatic heterocycles. The number of carbonyl (C=O) groups excluding carboxylic acids is 3. The Kier molecular flexibility index (Phi) is 7.56. The summed E-state index contributed by atoms with van der Waals surface area (Å²) in [7, 11) is 3.08. The smallest absolute Gasteiger partial charge is 0.303 e. The Morgan fingerprint density at radius 1 is 0.893 bits per heavy atom. The minimum absolute atomic E-state index is 0.348. The van der Waals surface area contributed by atoms with Gasteiger partial charge in [-0.25, -0.2) is 0 Å². The van der Waals surface area contributed by atoms with Crippen LogP contribution in [0.15, 0.2) is 18.2 Å². The summed E-state index contributed by atoms with van der Waals surface area (Å²) in [4.78, 5) is 35.0. The average Bonchev–Trinajstić information content (AvgIpc) is 2.62. The van der Waals surface area contributed by atoms with E-state index >= 15 is 0 Å². The first-order valence-electron chi connectivity index (χ1n) is 8.62. The Balaban J connectivity index is 2.49. The van der Waals surface area contributed by atoms with Gasteiger partial charge < -0.3 is 23.7 Å². The van der Waals surface area contributed by atoms with Crippen molar-refractivity contribution in [2.45, 2.75) is 44.3 Å². The normalized spacial score (nSPS) is 24.0. The van der Waals surface area contributed by atoms with Crippen molar-refractivity contribution in [2.75, 3.05) is 20.0 Å². The standard InChI is InChI=1S/C19H24O8S/c1-10(20)25-16-9-28-19(14-8-13(23-4)6-7-15(14)24-5)18(27-12(3)22)17(16)26-11(2)21/h6-8,16-19H,9H2,1-5H3/t16-,17+,18-,19-/m1/s1. The number of hydrogen-bond donors (Lipinski definition) is 0. The second kappa shape index (κ2) is 9.68. The minimum atomic E-state index is -0.951. The fraction of sp³-hybridized carbons (Fsp3) is 0.526. The van der Waals surface area contributed by atoms with Crippen molar-refractivity contribution in [3.05, 3.63) is 23.8 Å². The second-order valence-corrected chi connectivity index (χ2v) is 7.33. The average molecular weight is 412 g/mol. The van der Waals surface area contributed by atoms with Gasteiger partial charge >= 0.3 is 17.9 Å². The van der Waals surface area contributed by atoms with Gasteiger partial charge in [-0.2, -0.15) is 0 Å². The first kappa shape index (κ1) is 21.9. The molecule has 28 heavy (non-hydrogen) atoms. The third kappa shape index (κ3) is 5.31. The molecule has 8 nitrogen and oxygen atoms in total. The zero-order valence-electron chi connectivity index (χ0n) is 16.4. The van der Waals surface area contributed by atoms with Crippen molar-refractivity contribution in [3.8, 4) is 11.5 Å². The van der Waals surface area contributed by atoms with Gasteiger partial charge in [-0.15, -0.1) is 11.8 Å². The van der Waals surface area contributed by atoms with Gasteiger partial charge in [-0.05, 0) is 18.2 Å². The predicted molar refractivity (Wildman–Crippen MR) is 101 cm³/mol. The molecule has 1 aliphatic rings. The lowest BCUT2D eigenvalue weighted by molar-refractivity contribution is -0.182. The highest BCUT2D eigenvalue weighted by Gasteiger charge is 2.47. The lowest BCUT2D eigenvalue weighted by atomic mass is 9.97. The van der Waals surface area contributed by atoms with Crippen molar-refractivity contribution in [1.29, 1.82) is 0 Å². The number of methoxy groups -OCH3 is 2. The first-order chi connectivity index (χ1) is 13.3. The van der Waals surface area contributed by atoms with Gasteiger partial charge in [0.1, 0.15) is 11.5 Å². The van der Waals surface area contributed by atoms with Crippen molar-refractivity contribution in [2.24, 2.45) is 0 Å². The Labute approximate surface area is 167 Å². The van der Waals surface area contributed by atoms with Gasteiger partial charge in [-0.1, -0.05) is 0 Å². The van der Waals surface area contributed by atoms with Crippen LogP contribution in [-0.4, -0.2) is 56.2 Å². The molecule has 0 radical (unpaired) electrons. The van der Waals surface area contributed by atoms with E-state index in [9.17, 15) is 14.4 Å². The van der Waals surface area contributed by atoms with Gasteiger partial charge in [0.25, 0.3) is 0 Å². The molecule has 1 saturated heterocycles. The van der Waals surface area contributed by atoms with Crippen molar-refractivity contribution >= 4 is 29.7 Å². The van der Waals surface area contributed by atoms with E-state index in [4.69, 9.17) is 23.7 Å². The number of rotatable bonds is 6. The molecule has 9 heteroatoms. The van der Waals surface area contributed by atoms with Crippen LogP contribution in [0.4, 0.5) is 0 Å².